The number of nitriles is 1. The van der Waals surface area contributed by atoms with Gasteiger partial charge in [0.25, 0.3) is 0 Å². The highest BCUT2D eigenvalue weighted by atomic mass is 16.3. The van der Waals surface area contributed by atoms with Crippen LogP contribution in [-0.2, 0) is 9.59 Å². The normalized spacial score (nSPS) is 16.7. The van der Waals surface area contributed by atoms with Gasteiger partial charge < -0.3 is 9.73 Å². The van der Waals surface area contributed by atoms with Gasteiger partial charge in [0.05, 0.1) is 12.0 Å². The Hall–Kier alpha value is -2.61. The third kappa shape index (κ3) is 2.73. The second kappa shape index (κ2) is 5.64. The fraction of sp³-hybridized carbons (Fsp3) is 0.353. The molecule has 0 saturated heterocycles. The van der Waals surface area contributed by atoms with E-state index in [0.717, 1.165) is 18.2 Å². The maximum atomic E-state index is 12.5. The number of rotatable bonds is 5. The van der Waals surface area contributed by atoms with Crippen LogP contribution in [0.15, 0.2) is 34.7 Å². The summed E-state index contributed by atoms with van der Waals surface area (Å²) in [7, 11) is 0. The van der Waals surface area contributed by atoms with Gasteiger partial charge in [-0.05, 0) is 31.9 Å². The Labute approximate surface area is 127 Å². The lowest BCUT2D eigenvalue weighted by atomic mass is 9.92. The first kappa shape index (κ1) is 14.3. The van der Waals surface area contributed by atoms with Gasteiger partial charge in [0.2, 0.25) is 5.91 Å². The molecule has 1 aliphatic rings. The Morgan fingerprint density at radius 1 is 1.36 bits per heavy atom. The van der Waals surface area contributed by atoms with E-state index in [9.17, 15) is 14.9 Å². The van der Waals surface area contributed by atoms with Gasteiger partial charge in [0, 0.05) is 11.4 Å². The van der Waals surface area contributed by atoms with E-state index in [1.165, 1.54) is 0 Å². The Morgan fingerprint density at radius 3 is 2.73 bits per heavy atom. The number of nitrogens with zero attached hydrogens (tertiary/aromatic N) is 1. The first-order chi connectivity index (χ1) is 10.6. The molecule has 0 spiro atoms. The van der Waals surface area contributed by atoms with E-state index in [-0.39, 0.29) is 6.04 Å². The summed E-state index contributed by atoms with van der Waals surface area (Å²) < 4.78 is 5.66. The summed E-state index contributed by atoms with van der Waals surface area (Å²) in [6.07, 6.45) is 1.83. The minimum absolute atomic E-state index is 0.123. The number of amides is 1. The molecular weight excluding hydrogens is 280 g/mol. The lowest BCUT2D eigenvalue weighted by molar-refractivity contribution is -0.132. The average Bonchev–Trinajstić information content (AvgIpc) is 3.21. The van der Waals surface area contributed by atoms with Gasteiger partial charge in [-0.15, -0.1) is 0 Å². The molecule has 1 fully saturated rings. The monoisotopic (exact) mass is 296 g/mol. The first-order valence-electron chi connectivity index (χ1n) is 7.32. The number of furan rings is 1. The summed E-state index contributed by atoms with van der Waals surface area (Å²) in [5.74, 6) is -2.38. The number of Topliss-reactive ketones (excluding diaryl/α,β-unsaturated/α-hetero) is 1. The van der Waals surface area contributed by atoms with Crippen molar-refractivity contribution in [1.29, 1.82) is 5.26 Å². The van der Waals surface area contributed by atoms with E-state index >= 15 is 0 Å². The predicted octanol–water partition coefficient (Wildman–Crippen LogP) is 2.52. The molecule has 2 aromatic rings. The quantitative estimate of drug-likeness (QED) is 0.859. The molecule has 1 aromatic carbocycles. The Morgan fingerprint density at radius 2 is 2.09 bits per heavy atom. The summed E-state index contributed by atoms with van der Waals surface area (Å²) in [5, 5.41) is 12.8. The van der Waals surface area contributed by atoms with Gasteiger partial charge in [-0.1, -0.05) is 18.2 Å². The molecule has 2 atom stereocenters. The SMILES string of the molecule is CC(C(=O)C(C#N)C(=O)NC1CC1)c1cc2ccccc2o1. The highest BCUT2D eigenvalue weighted by Gasteiger charge is 2.35. The van der Waals surface area contributed by atoms with Crippen LogP contribution >= 0.6 is 0 Å². The molecule has 1 N–H and O–H groups in total. The van der Waals surface area contributed by atoms with Crippen LogP contribution in [-0.4, -0.2) is 17.7 Å². The average molecular weight is 296 g/mol. The number of hydrogen-bond acceptors (Lipinski definition) is 4. The lowest BCUT2D eigenvalue weighted by Crippen LogP contribution is -2.37. The zero-order valence-corrected chi connectivity index (χ0v) is 12.2. The van der Waals surface area contributed by atoms with Crippen LogP contribution in [0.3, 0.4) is 0 Å². The minimum Gasteiger partial charge on any atom is -0.460 e. The van der Waals surface area contributed by atoms with Gasteiger partial charge in [-0.3, -0.25) is 9.59 Å². The highest BCUT2D eigenvalue weighted by molar-refractivity contribution is 6.06. The first-order valence-corrected chi connectivity index (χ1v) is 7.32. The molecular formula is C17H16N2O3. The Bertz CT molecular complexity index is 735. The van der Waals surface area contributed by atoms with Crippen LogP contribution < -0.4 is 5.32 Å². The van der Waals surface area contributed by atoms with Crippen molar-refractivity contribution in [3.05, 3.63) is 36.1 Å². The molecule has 2 unspecified atom stereocenters. The highest BCUT2D eigenvalue weighted by Crippen LogP contribution is 2.27. The molecule has 3 rings (SSSR count). The zero-order valence-electron chi connectivity index (χ0n) is 12.2. The number of fused-ring (bicyclic) bond motifs is 1. The van der Waals surface area contributed by atoms with Crippen LogP contribution in [0.2, 0.25) is 0 Å². The van der Waals surface area contributed by atoms with Crippen molar-refractivity contribution in [2.45, 2.75) is 31.7 Å². The molecule has 1 heterocycles. The summed E-state index contributed by atoms with van der Waals surface area (Å²) in [6, 6.07) is 11.2. The smallest absolute Gasteiger partial charge is 0.245 e. The summed E-state index contributed by atoms with van der Waals surface area (Å²) in [6.45, 7) is 1.66. The third-order valence-corrected chi connectivity index (χ3v) is 3.90. The number of benzene rings is 1. The van der Waals surface area contributed by atoms with Crippen molar-refractivity contribution in [2.24, 2.45) is 5.92 Å². The lowest BCUT2D eigenvalue weighted by Gasteiger charge is -2.12. The van der Waals surface area contributed by atoms with Crippen LogP contribution in [0.5, 0.6) is 0 Å². The van der Waals surface area contributed by atoms with Crippen molar-refractivity contribution >= 4 is 22.7 Å². The van der Waals surface area contributed by atoms with E-state index in [4.69, 9.17) is 4.42 Å². The van der Waals surface area contributed by atoms with E-state index in [2.05, 4.69) is 5.32 Å². The second-order valence-corrected chi connectivity index (χ2v) is 5.66. The van der Waals surface area contributed by atoms with E-state index < -0.39 is 23.5 Å². The molecule has 1 amide bonds. The number of carbonyl (C=O) groups is 2. The predicted molar refractivity (Wildman–Crippen MR) is 79.9 cm³/mol. The van der Waals surface area contributed by atoms with E-state index in [1.54, 1.807) is 13.0 Å². The molecule has 0 bridgehead atoms. The Kier molecular flexibility index (Phi) is 3.68. The molecule has 22 heavy (non-hydrogen) atoms. The molecule has 1 aliphatic carbocycles. The second-order valence-electron chi connectivity index (χ2n) is 5.66. The van der Waals surface area contributed by atoms with Crippen LogP contribution in [0.1, 0.15) is 31.4 Å². The molecule has 1 aromatic heterocycles. The maximum Gasteiger partial charge on any atom is 0.245 e. The van der Waals surface area contributed by atoms with Crippen LogP contribution in [0, 0.1) is 17.2 Å². The maximum absolute atomic E-state index is 12.5. The van der Waals surface area contributed by atoms with Crippen LogP contribution in [0.4, 0.5) is 0 Å². The number of hydrogen-bond donors (Lipinski definition) is 1. The van der Waals surface area contributed by atoms with Crippen molar-refractivity contribution in [1.82, 2.24) is 5.32 Å². The van der Waals surface area contributed by atoms with Gasteiger partial charge in [-0.2, -0.15) is 5.26 Å². The van der Waals surface area contributed by atoms with Gasteiger partial charge in [-0.25, -0.2) is 0 Å². The largest absolute Gasteiger partial charge is 0.460 e. The molecule has 5 heteroatoms. The number of carbonyl (C=O) groups excluding carboxylic acids is 2. The number of nitrogens with one attached hydrogen (secondary N) is 1. The molecule has 1 saturated carbocycles. The fourth-order valence-electron chi connectivity index (χ4n) is 2.37. The topological polar surface area (TPSA) is 83.1 Å². The van der Waals surface area contributed by atoms with Crippen molar-refractivity contribution < 1.29 is 14.0 Å². The van der Waals surface area contributed by atoms with Crippen LogP contribution in [0.25, 0.3) is 11.0 Å². The minimum atomic E-state index is -1.29. The van der Waals surface area contributed by atoms with Crippen molar-refractivity contribution in [2.75, 3.05) is 0 Å². The summed E-state index contributed by atoms with van der Waals surface area (Å²) in [5.41, 5.74) is 0.688. The van der Waals surface area contributed by atoms with Crippen molar-refractivity contribution in [3.8, 4) is 6.07 Å². The van der Waals surface area contributed by atoms with Gasteiger partial charge in [0.15, 0.2) is 11.7 Å². The molecule has 0 aliphatic heterocycles. The molecule has 112 valence electrons. The third-order valence-electron chi connectivity index (χ3n) is 3.90. The van der Waals surface area contributed by atoms with Crippen molar-refractivity contribution in [3.63, 3.8) is 0 Å². The van der Waals surface area contributed by atoms with E-state index in [1.807, 2.05) is 30.3 Å². The molecule has 5 nitrogen and oxygen atoms in total. The summed E-state index contributed by atoms with van der Waals surface area (Å²) in [4.78, 5) is 24.4. The van der Waals surface area contributed by atoms with Gasteiger partial charge in [0.1, 0.15) is 11.3 Å². The standard InChI is InChI=1S/C17H16N2O3/c1-10(15-8-11-4-2-3-5-14(11)22-15)16(20)13(9-18)17(21)19-12-6-7-12/h2-5,8,10,12-13H,6-7H2,1H3,(H,19,21). The number of ketones is 1. The molecule has 0 radical (unpaired) electrons. The fourth-order valence-corrected chi connectivity index (χ4v) is 2.37. The summed E-state index contributed by atoms with van der Waals surface area (Å²) >= 11 is 0. The van der Waals surface area contributed by atoms with Gasteiger partial charge >= 0.3 is 0 Å². The zero-order chi connectivity index (χ0) is 15.7. The van der Waals surface area contributed by atoms with E-state index in [0.29, 0.717) is 11.3 Å². The Balaban J connectivity index is 1.79. The number of para-hydroxylation sites is 1.